The van der Waals surface area contributed by atoms with Crippen LogP contribution < -0.4 is 5.32 Å². The lowest BCUT2D eigenvalue weighted by molar-refractivity contribution is -0.160. The molecule has 3 aromatic rings. The minimum absolute atomic E-state index is 0.00832. The number of hydrogen-bond donors (Lipinski definition) is 1. The van der Waals surface area contributed by atoms with Gasteiger partial charge in [-0.15, -0.1) is 0 Å². The first kappa shape index (κ1) is 25.5. The lowest BCUT2D eigenvalue weighted by atomic mass is 9.71. The summed E-state index contributed by atoms with van der Waals surface area (Å²) in [4.78, 5) is 11.8. The standard InChI is InChI=1S/C25H29F4N3O2/c1-16(2)11-21(24(3,4)14-30-23(33)34-15-25(27,28)29)17-5-10-22-18(12-17)13-31-32(22)20-8-6-19(26)7-9-20/h5-10,12-13,16,21H,11,14-15H2,1-4H3,(H,30,33). The van der Waals surface area contributed by atoms with Gasteiger partial charge in [0.25, 0.3) is 0 Å². The first-order chi connectivity index (χ1) is 15.9. The lowest BCUT2D eigenvalue weighted by Crippen LogP contribution is -2.39. The Morgan fingerprint density at radius 2 is 1.79 bits per heavy atom. The third-order valence-corrected chi connectivity index (χ3v) is 5.77. The Morgan fingerprint density at radius 3 is 2.41 bits per heavy atom. The van der Waals surface area contributed by atoms with E-state index in [1.54, 1.807) is 23.0 Å². The minimum atomic E-state index is -4.57. The second-order valence-corrected chi connectivity index (χ2v) is 9.57. The topological polar surface area (TPSA) is 56.2 Å². The second kappa shape index (κ2) is 10.0. The van der Waals surface area contributed by atoms with Crippen LogP contribution in [0.3, 0.4) is 0 Å². The molecule has 0 radical (unpaired) electrons. The molecule has 0 aliphatic rings. The molecule has 2 aromatic carbocycles. The summed E-state index contributed by atoms with van der Waals surface area (Å²) in [7, 11) is 0. The van der Waals surface area contributed by atoms with E-state index in [0.29, 0.717) is 5.92 Å². The summed E-state index contributed by atoms with van der Waals surface area (Å²) >= 11 is 0. The molecule has 0 fully saturated rings. The minimum Gasteiger partial charge on any atom is -0.440 e. The van der Waals surface area contributed by atoms with E-state index in [1.165, 1.54) is 12.1 Å². The van der Waals surface area contributed by atoms with E-state index in [2.05, 4.69) is 29.0 Å². The Kier molecular flexibility index (Phi) is 7.53. The van der Waals surface area contributed by atoms with E-state index in [1.807, 2.05) is 32.0 Å². The average Bonchev–Trinajstić information content (AvgIpc) is 3.18. The number of hydrogen-bond acceptors (Lipinski definition) is 3. The van der Waals surface area contributed by atoms with Crippen LogP contribution in [0.5, 0.6) is 0 Å². The molecular formula is C25H29F4N3O2. The Morgan fingerprint density at radius 1 is 1.12 bits per heavy atom. The van der Waals surface area contributed by atoms with Gasteiger partial charge >= 0.3 is 12.3 Å². The third kappa shape index (κ3) is 6.48. The number of nitrogens with zero attached hydrogens (tertiary/aromatic N) is 2. The molecule has 9 heteroatoms. The fourth-order valence-electron chi connectivity index (χ4n) is 4.06. The molecule has 1 aromatic heterocycles. The number of nitrogens with one attached hydrogen (secondary N) is 1. The van der Waals surface area contributed by atoms with Crippen LogP contribution in [0.1, 0.15) is 45.6 Å². The summed E-state index contributed by atoms with van der Waals surface area (Å²) in [6.45, 7) is 6.65. The van der Waals surface area contributed by atoms with E-state index in [0.717, 1.165) is 28.6 Å². The van der Waals surface area contributed by atoms with Crippen LogP contribution in [0.25, 0.3) is 16.6 Å². The van der Waals surface area contributed by atoms with Crippen LogP contribution in [-0.2, 0) is 4.74 Å². The SMILES string of the molecule is CC(C)CC(c1ccc2c(cnn2-c2ccc(F)cc2)c1)C(C)(C)CNC(=O)OCC(F)(F)F. The number of carbonyl (C=O) groups is 1. The highest BCUT2D eigenvalue weighted by molar-refractivity contribution is 5.81. The first-order valence-corrected chi connectivity index (χ1v) is 11.1. The zero-order valence-electron chi connectivity index (χ0n) is 19.6. The van der Waals surface area contributed by atoms with Gasteiger partial charge in [0.1, 0.15) is 5.82 Å². The van der Waals surface area contributed by atoms with Crippen molar-refractivity contribution >= 4 is 17.0 Å². The van der Waals surface area contributed by atoms with Crippen LogP contribution >= 0.6 is 0 Å². The third-order valence-electron chi connectivity index (χ3n) is 5.77. The summed E-state index contributed by atoms with van der Waals surface area (Å²) in [5.41, 5.74) is 2.17. The maximum Gasteiger partial charge on any atom is 0.422 e. The van der Waals surface area contributed by atoms with Crippen LogP contribution in [0.2, 0.25) is 0 Å². The maximum absolute atomic E-state index is 13.3. The Labute approximate surface area is 196 Å². The van der Waals surface area contributed by atoms with Crippen LogP contribution in [0.4, 0.5) is 22.4 Å². The monoisotopic (exact) mass is 479 g/mol. The molecule has 3 rings (SSSR count). The largest absolute Gasteiger partial charge is 0.440 e. The van der Waals surface area contributed by atoms with Gasteiger partial charge in [-0.3, -0.25) is 0 Å². The average molecular weight is 480 g/mol. The molecule has 34 heavy (non-hydrogen) atoms. The number of ether oxygens (including phenoxy) is 1. The number of carbonyl (C=O) groups excluding carboxylic acids is 1. The number of alkyl halides is 3. The van der Waals surface area contributed by atoms with Crippen molar-refractivity contribution < 1.29 is 27.1 Å². The molecule has 1 amide bonds. The number of halogens is 4. The van der Waals surface area contributed by atoms with Crippen molar-refractivity contribution in [2.75, 3.05) is 13.2 Å². The van der Waals surface area contributed by atoms with Gasteiger partial charge in [0.05, 0.1) is 17.4 Å². The summed E-state index contributed by atoms with van der Waals surface area (Å²) in [5.74, 6) is 0.0326. The quantitative estimate of drug-likeness (QED) is 0.370. The van der Waals surface area contributed by atoms with Gasteiger partial charge in [0, 0.05) is 11.9 Å². The van der Waals surface area contributed by atoms with Crippen molar-refractivity contribution in [3.63, 3.8) is 0 Å². The van der Waals surface area contributed by atoms with Gasteiger partial charge in [0.2, 0.25) is 0 Å². The van der Waals surface area contributed by atoms with Gasteiger partial charge in [-0.05, 0) is 65.6 Å². The number of amides is 1. The van der Waals surface area contributed by atoms with Crippen molar-refractivity contribution in [2.45, 2.75) is 46.2 Å². The van der Waals surface area contributed by atoms with Crippen LogP contribution in [0.15, 0.2) is 48.7 Å². The molecule has 0 spiro atoms. The molecule has 0 aliphatic carbocycles. The van der Waals surface area contributed by atoms with E-state index < -0.39 is 24.3 Å². The number of aromatic nitrogens is 2. The molecule has 0 saturated heterocycles. The molecule has 1 atom stereocenters. The summed E-state index contributed by atoms with van der Waals surface area (Å²) < 4.78 is 56.2. The molecular weight excluding hydrogens is 450 g/mol. The van der Waals surface area contributed by atoms with E-state index in [4.69, 9.17) is 0 Å². The zero-order valence-corrected chi connectivity index (χ0v) is 19.6. The zero-order chi connectivity index (χ0) is 25.1. The fourth-order valence-corrected chi connectivity index (χ4v) is 4.06. The summed E-state index contributed by atoms with van der Waals surface area (Å²) in [6, 6.07) is 12.1. The molecule has 1 unspecified atom stereocenters. The van der Waals surface area contributed by atoms with Crippen molar-refractivity contribution in [1.82, 2.24) is 15.1 Å². The van der Waals surface area contributed by atoms with E-state index in [9.17, 15) is 22.4 Å². The first-order valence-electron chi connectivity index (χ1n) is 11.1. The van der Waals surface area contributed by atoms with Crippen LogP contribution in [-0.4, -0.2) is 35.2 Å². The Balaban J connectivity index is 1.83. The van der Waals surface area contributed by atoms with Crippen LogP contribution in [0, 0.1) is 17.2 Å². The molecule has 0 bridgehead atoms. The summed E-state index contributed by atoms with van der Waals surface area (Å²) in [5, 5.41) is 7.83. The maximum atomic E-state index is 13.3. The highest BCUT2D eigenvalue weighted by Crippen LogP contribution is 2.41. The predicted molar refractivity (Wildman–Crippen MR) is 122 cm³/mol. The van der Waals surface area contributed by atoms with Gasteiger partial charge in [-0.2, -0.15) is 18.3 Å². The smallest absolute Gasteiger partial charge is 0.422 e. The highest BCUT2D eigenvalue weighted by atomic mass is 19.4. The van der Waals surface area contributed by atoms with E-state index in [-0.39, 0.29) is 18.3 Å². The normalized spacial score (nSPS) is 13.3. The Hall–Kier alpha value is -3.10. The molecule has 184 valence electrons. The van der Waals surface area contributed by atoms with Gasteiger partial charge < -0.3 is 10.1 Å². The number of rotatable bonds is 8. The number of fused-ring (bicyclic) bond motifs is 1. The highest BCUT2D eigenvalue weighted by Gasteiger charge is 2.33. The molecule has 1 heterocycles. The van der Waals surface area contributed by atoms with Crippen molar-refractivity contribution in [2.24, 2.45) is 11.3 Å². The number of alkyl carbamates (subject to hydrolysis) is 1. The summed E-state index contributed by atoms with van der Waals surface area (Å²) in [6.07, 6.45) is -3.11. The predicted octanol–water partition coefficient (Wildman–Crippen LogP) is 6.61. The van der Waals surface area contributed by atoms with Gasteiger partial charge in [0.15, 0.2) is 6.61 Å². The molecule has 5 nitrogen and oxygen atoms in total. The van der Waals surface area contributed by atoms with Crippen molar-refractivity contribution in [3.8, 4) is 5.69 Å². The fraction of sp³-hybridized carbons (Fsp3) is 0.440. The molecule has 1 N–H and O–H groups in total. The lowest BCUT2D eigenvalue weighted by Gasteiger charge is -2.36. The second-order valence-electron chi connectivity index (χ2n) is 9.57. The van der Waals surface area contributed by atoms with Crippen molar-refractivity contribution in [1.29, 1.82) is 0 Å². The van der Waals surface area contributed by atoms with Gasteiger partial charge in [-0.25, -0.2) is 13.9 Å². The van der Waals surface area contributed by atoms with Crippen molar-refractivity contribution in [3.05, 3.63) is 60.0 Å². The van der Waals surface area contributed by atoms with E-state index >= 15 is 0 Å². The molecule has 0 aliphatic heterocycles. The van der Waals surface area contributed by atoms with Gasteiger partial charge in [-0.1, -0.05) is 33.8 Å². The molecule has 0 saturated carbocycles. The Bertz CT molecular complexity index is 1120. The number of benzene rings is 2.